The summed E-state index contributed by atoms with van der Waals surface area (Å²) in [4.78, 5) is 18.5. The summed E-state index contributed by atoms with van der Waals surface area (Å²) >= 11 is 6.70. The standard InChI is InChI=1S/C37H38ClF2N7O4S2/c1-37(2,53(50,51)27-8-9-27)16-14-25-6-10-28(29-11-12-30(38)33-35(29)47(3)45-36(33)46-52(4,5)49)34(42-25)31(20-22-18-23(39)21-24(40)19-22)43-32(48)13-7-26-15-17-41-44-26/h6,10-12,15,17-19,21,27,31H,4,7-9,13,20H2,1-3,5H3,(H,41,44)(H,43,48)(H,45,46,49)/t31-,52?/m0/s1. The fourth-order valence-corrected chi connectivity index (χ4v) is 8.69. The van der Waals surface area contributed by atoms with Crippen LogP contribution >= 0.6 is 11.6 Å². The first-order chi connectivity index (χ1) is 24.9. The molecular formula is C37H38ClF2N7O4S2. The largest absolute Gasteiger partial charge is 0.347 e. The molecule has 1 fully saturated rings. The average molecular weight is 782 g/mol. The van der Waals surface area contributed by atoms with Gasteiger partial charge in [0.1, 0.15) is 22.1 Å². The van der Waals surface area contributed by atoms with Gasteiger partial charge in [-0.25, -0.2) is 26.4 Å². The topological polar surface area (TPSA) is 152 Å². The lowest BCUT2D eigenvalue weighted by atomic mass is 9.93. The molecule has 2 aromatic carbocycles. The summed E-state index contributed by atoms with van der Waals surface area (Å²) in [5.41, 5.74) is 3.10. The number of nitrogens with zero attached hydrogens (tertiary/aromatic N) is 4. The van der Waals surface area contributed by atoms with Gasteiger partial charge in [0.05, 0.1) is 32.9 Å². The number of amides is 1. The Bertz CT molecular complexity index is 2480. The number of hydrogen-bond donors (Lipinski definition) is 3. The quantitative estimate of drug-likeness (QED) is 0.109. The van der Waals surface area contributed by atoms with E-state index in [9.17, 15) is 26.2 Å². The molecule has 2 atom stereocenters. The molecule has 0 bridgehead atoms. The average Bonchev–Trinajstić information content (AvgIpc) is 3.71. The third kappa shape index (κ3) is 8.56. The minimum absolute atomic E-state index is 0.0571. The lowest BCUT2D eigenvalue weighted by Gasteiger charge is -2.23. The monoisotopic (exact) mass is 781 g/mol. The molecule has 1 unspecified atom stereocenters. The lowest BCUT2D eigenvalue weighted by molar-refractivity contribution is -0.121. The second-order valence-corrected chi connectivity index (χ2v) is 19.1. The van der Waals surface area contributed by atoms with Crippen LogP contribution in [0.5, 0.6) is 0 Å². The fourth-order valence-electron chi connectivity index (χ4n) is 6.11. The minimum Gasteiger partial charge on any atom is -0.347 e. The van der Waals surface area contributed by atoms with Crippen LogP contribution in [0.4, 0.5) is 14.6 Å². The second-order valence-electron chi connectivity index (χ2n) is 13.7. The predicted octanol–water partition coefficient (Wildman–Crippen LogP) is 5.70. The number of halogens is 3. The van der Waals surface area contributed by atoms with Crippen LogP contribution in [0.2, 0.25) is 5.02 Å². The number of sulfone groups is 1. The first kappa shape index (κ1) is 38.0. The maximum Gasteiger partial charge on any atom is 0.220 e. The van der Waals surface area contributed by atoms with Gasteiger partial charge in [-0.3, -0.25) is 19.3 Å². The van der Waals surface area contributed by atoms with Crippen molar-refractivity contribution in [2.75, 3.05) is 11.0 Å². The van der Waals surface area contributed by atoms with Crippen molar-refractivity contribution in [3.8, 4) is 23.0 Å². The van der Waals surface area contributed by atoms with Gasteiger partial charge in [-0.2, -0.15) is 10.2 Å². The van der Waals surface area contributed by atoms with Crippen molar-refractivity contribution in [3.05, 3.63) is 94.0 Å². The van der Waals surface area contributed by atoms with Crippen LogP contribution in [-0.2, 0) is 44.2 Å². The molecule has 0 aliphatic heterocycles. The Morgan fingerprint density at radius 3 is 2.45 bits per heavy atom. The van der Waals surface area contributed by atoms with E-state index in [2.05, 4.69) is 43.0 Å². The molecule has 1 amide bonds. The third-order valence-corrected chi connectivity index (χ3v) is 12.7. The van der Waals surface area contributed by atoms with Crippen LogP contribution in [0.15, 0.2) is 54.7 Å². The Morgan fingerprint density at radius 2 is 1.81 bits per heavy atom. The van der Waals surface area contributed by atoms with E-state index < -0.39 is 47.2 Å². The highest BCUT2D eigenvalue weighted by molar-refractivity contribution is 8.00. The van der Waals surface area contributed by atoms with Gasteiger partial charge in [-0.1, -0.05) is 23.6 Å². The molecule has 0 spiro atoms. The minimum atomic E-state index is -3.54. The predicted molar refractivity (Wildman–Crippen MR) is 205 cm³/mol. The van der Waals surface area contributed by atoms with E-state index in [0.29, 0.717) is 46.3 Å². The number of carbonyl (C=O) groups is 1. The highest BCUT2D eigenvalue weighted by atomic mass is 35.5. The molecule has 3 heterocycles. The van der Waals surface area contributed by atoms with Crippen LogP contribution in [0.1, 0.15) is 61.8 Å². The van der Waals surface area contributed by atoms with E-state index in [4.69, 9.17) is 16.6 Å². The molecule has 0 saturated heterocycles. The normalized spacial score (nSPS) is 15.0. The summed E-state index contributed by atoms with van der Waals surface area (Å²) in [5, 5.41) is 14.7. The van der Waals surface area contributed by atoms with E-state index >= 15 is 0 Å². The number of pyridine rings is 1. The Labute approximate surface area is 312 Å². The molecule has 3 N–H and O–H groups in total. The Morgan fingerprint density at radius 1 is 1.11 bits per heavy atom. The molecular weight excluding hydrogens is 744 g/mol. The van der Waals surface area contributed by atoms with Crippen molar-refractivity contribution in [1.29, 1.82) is 0 Å². The van der Waals surface area contributed by atoms with E-state index in [-0.39, 0.29) is 41.5 Å². The maximum absolute atomic E-state index is 14.5. The van der Waals surface area contributed by atoms with Crippen LogP contribution in [0.3, 0.4) is 0 Å². The zero-order chi connectivity index (χ0) is 38.3. The Kier molecular flexibility index (Phi) is 10.4. The molecule has 11 nitrogen and oxygen atoms in total. The van der Waals surface area contributed by atoms with Crippen LogP contribution < -0.4 is 10.0 Å². The van der Waals surface area contributed by atoms with Crippen LogP contribution in [-0.4, -0.2) is 65.6 Å². The smallest absolute Gasteiger partial charge is 0.220 e. The molecule has 53 heavy (non-hydrogen) atoms. The maximum atomic E-state index is 14.5. The summed E-state index contributed by atoms with van der Waals surface area (Å²) in [5.74, 6) is 7.82. The molecule has 6 rings (SSSR count). The van der Waals surface area contributed by atoms with Crippen LogP contribution in [0, 0.1) is 23.5 Å². The number of aromatic amines is 1. The molecule has 278 valence electrons. The summed E-state index contributed by atoms with van der Waals surface area (Å²) < 4.78 is 71.1. The summed E-state index contributed by atoms with van der Waals surface area (Å²) in [6.45, 7) is 3.12. The van der Waals surface area contributed by atoms with Gasteiger partial charge in [0.15, 0.2) is 15.7 Å². The van der Waals surface area contributed by atoms with Gasteiger partial charge in [0.2, 0.25) is 5.91 Å². The Hall–Kier alpha value is -4.78. The van der Waals surface area contributed by atoms with Crippen molar-refractivity contribution < 1.29 is 26.2 Å². The molecule has 16 heteroatoms. The van der Waals surface area contributed by atoms with Gasteiger partial charge < -0.3 is 5.32 Å². The summed E-state index contributed by atoms with van der Waals surface area (Å²) in [6.07, 6.45) is 4.53. The number of benzene rings is 2. The van der Waals surface area contributed by atoms with E-state index in [0.717, 1.165) is 11.8 Å². The molecule has 1 saturated carbocycles. The highest BCUT2D eigenvalue weighted by Gasteiger charge is 2.45. The second kappa shape index (κ2) is 14.6. The summed E-state index contributed by atoms with van der Waals surface area (Å²) in [6, 6.07) is 10.7. The van der Waals surface area contributed by atoms with E-state index in [1.54, 1.807) is 62.1 Å². The van der Waals surface area contributed by atoms with E-state index in [1.165, 1.54) is 18.4 Å². The number of anilines is 1. The molecule has 0 radical (unpaired) electrons. The molecule has 5 aromatic rings. The third-order valence-electron chi connectivity index (χ3n) is 8.84. The molecule has 3 aromatic heterocycles. The lowest BCUT2D eigenvalue weighted by Crippen LogP contribution is -2.33. The number of hydrogen-bond acceptors (Lipinski definition) is 7. The van der Waals surface area contributed by atoms with E-state index in [1.807, 2.05) is 0 Å². The van der Waals surface area contributed by atoms with Gasteiger partial charge in [0.25, 0.3) is 0 Å². The number of aryl methyl sites for hydroxylation is 2. The number of H-pyrrole nitrogens is 1. The number of nitrogens with one attached hydrogen (secondary N) is 3. The van der Waals surface area contributed by atoms with Gasteiger partial charge in [0, 0.05) is 58.5 Å². The van der Waals surface area contributed by atoms with Crippen molar-refractivity contribution in [2.24, 2.45) is 7.05 Å². The fraction of sp³-hybridized carbons (Fsp3) is 0.324. The number of fused-ring (bicyclic) bond motifs is 1. The first-order valence-corrected chi connectivity index (χ1v) is 20.7. The first-order valence-electron chi connectivity index (χ1n) is 16.7. The van der Waals surface area contributed by atoms with Gasteiger partial charge in [-0.15, -0.1) is 0 Å². The number of aromatic nitrogens is 5. The highest BCUT2D eigenvalue weighted by Crippen LogP contribution is 2.40. The van der Waals surface area contributed by atoms with Crippen molar-refractivity contribution in [2.45, 2.75) is 62.0 Å². The Balaban J connectivity index is 1.53. The van der Waals surface area contributed by atoms with Gasteiger partial charge in [-0.05, 0) is 93.3 Å². The number of rotatable bonds is 12. The van der Waals surface area contributed by atoms with Gasteiger partial charge >= 0.3 is 0 Å². The van der Waals surface area contributed by atoms with Crippen molar-refractivity contribution in [3.63, 3.8) is 0 Å². The zero-order valence-corrected chi connectivity index (χ0v) is 31.9. The SMILES string of the molecule is C=S(C)(=O)Nc1nn(C)c2c(-c3ccc(C#CC(C)(C)S(=O)(=O)C4CC4)nc3[C@H](Cc3cc(F)cc(F)c3)NC(=O)CCc3ccn[nH]3)ccc(Cl)c12. The summed E-state index contributed by atoms with van der Waals surface area (Å²) in [7, 11) is -4.60. The van der Waals surface area contributed by atoms with Crippen molar-refractivity contribution >= 4 is 59.6 Å². The molecule has 1 aliphatic rings. The molecule has 1 aliphatic carbocycles. The zero-order valence-electron chi connectivity index (χ0n) is 29.5. The van der Waals surface area contributed by atoms with Crippen molar-refractivity contribution in [1.82, 2.24) is 30.3 Å². The number of carbonyl (C=O) groups excluding carboxylic acids is 1. The van der Waals surface area contributed by atoms with Crippen LogP contribution in [0.25, 0.3) is 22.0 Å².